The molecule has 27 heavy (non-hydrogen) atoms. The molecule has 0 atom stereocenters. The zero-order valence-corrected chi connectivity index (χ0v) is 15.0. The molecule has 0 unspecified atom stereocenters. The third-order valence-corrected chi connectivity index (χ3v) is 3.55. The van der Waals surface area contributed by atoms with Gasteiger partial charge in [-0.25, -0.2) is 9.18 Å². The van der Waals surface area contributed by atoms with E-state index in [-0.39, 0.29) is 12.1 Å². The molecule has 7 nitrogen and oxygen atoms in total. The highest BCUT2D eigenvalue weighted by Crippen LogP contribution is 2.23. The minimum atomic E-state index is -0.947. The first-order chi connectivity index (χ1) is 12.9. The average molecular weight is 395 g/mol. The lowest BCUT2D eigenvalue weighted by molar-refractivity contribution is -0.147. The van der Waals surface area contributed by atoms with E-state index in [1.807, 2.05) is 5.32 Å². The molecular formula is C18H16ClFN2O5. The summed E-state index contributed by atoms with van der Waals surface area (Å²) in [7, 11) is 1.44. The molecule has 0 bridgehead atoms. The smallest absolute Gasteiger partial charge is 0.326 e. The zero-order chi connectivity index (χ0) is 19.8. The highest BCUT2D eigenvalue weighted by Gasteiger charge is 2.14. The monoisotopic (exact) mass is 394 g/mol. The number of halogens is 2. The SMILES string of the molecule is COc1ccc(Cl)cc1CC(=O)OCC(=O)NC(=O)Nc1ccccc1F. The average Bonchev–Trinajstić information content (AvgIpc) is 2.62. The summed E-state index contributed by atoms with van der Waals surface area (Å²) in [6.07, 6.45) is -0.168. The number of esters is 1. The van der Waals surface area contributed by atoms with Crippen molar-refractivity contribution in [1.29, 1.82) is 0 Å². The molecule has 0 aliphatic rings. The van der Waals surface area contributed by atoms with Gasteiger partial charge >= 0.3 is 12.0 Å². The van der Waals surface area contributed by atoms with E-state index in [0.29, 0.717) is 16.3 Å². The van der Waals surface area contributed by atoms with E-state index in [0.717, 1.165) is 6.07 Å². The standard InChI is InChI=1S/C18H16ClFN2O5/c1-26-15-7-6-12(19)8-11(15)9-17(24)27-10-16(23)22-18(25)21-14-5-3-2-4-13(14)20/h2-8H,9-10H2,1H3,(H2,21,22,23,25). The van der Waals surface area contributed by atoms with Gasteiger partial charge in [0.1, 0.15) is 11.6 Å². The molecule has 2 rings (SSSR count). The van der Waals surface area contributed by atoms with Crippen LogP contribution in [0.15, 0.2) is 42.5 Å². The van der Waals surface area contributed by atoms with Crippen LogP contribution < -0.4 is 15.4 Å². The maximum atomic E-state index is 13.4. The Morgan fingerprint density at radius 1 is 1.15 bits per heavy atom. The van der Waals surface area contributed by atoms with Gasteiger partial charge in [-0.05, 0) is 30.3 Å². The van der Waals surface area contributed by atoms with Crippen LogP contribution in [0.3, 0.4) is 0 Å². The Bertz CT molecular complexity index is 859. The van der Waals surface area contributed by atoms with Gasteiger partial charge in [0.2, 0.25) is 0 Å². The van der Waals surface area contributed by atoms with Gasteiger partial charge in [0.25, 0.3) is 5.91 Å². The van der Waals surface area contributed by atoms with Crippen molar-refractivity contribution in [3.05, 3.63) is 58.9 Å². The third kappa shape index (κ3) is 6.27. The van der Waals surface area contributed by atoms with Gasteiger partial charge in [0, 0.05) is 10.6 Å². The fourth-order valence-corrected chi connectivity index (χ4v) is 2.31. The number of rotatable bonds is 6. The number of urea groups is 1. The van der Waals surface area contributed by atoms with Crippen molar-refractivity contribution >= 4 is 35.2 Å². The summed E-state index contributed by atoms with van der Waals surface area (Å²) < 4.78 is 23.4. The van der Waals surface area contributed by atoms with Crippen LogP contribution >= 0.6 is 11.6 Å². The minimum absolute atomic E-state index is 0.0900. The summed E-state index contributed by atoms with van der Waals surface area (Å²) in [5.74, 6) is -1.78. The molecule has 0 fully saturated rings. The predicted octanol–water partition coefficient (Wildman–Crippen LogP) is 2.92. The van der Waals surface area contributed by atoms with E-state index in [2.05, 4.69) is 5.32 Å². The molecule has 0 saturated carbocycles. The van der Waals surface area contributed by atoms with E-state index in [1.165, 1.54) is 25.3 Å². The number of methoxy groups -OCH3 is 1. The summed E-state index contributed by atoms with van der Waals surface area (Å²) in [4.78, 5) is 35.2. The Kier molecular flexibility index (Phi) is 7.13. The van der Waals surface area contributed by atoms with Gasteiger partial charge < -0.3 is 14.8 Å². The molecule has 0 heterocycles. The maximum absolute atomic E-state index is 13.4. The van der Waals surface area contributed by atoms with Gasteiger partial charge in [-0.2, -0.15) is 0 Å². The zero-order valence-electron chi connectivity index (χ0n) is 14.3. The second kappa shape index (κ2) is 9.54. The number of carbonyl (C=O) groups is 3. The first-order valence-corrected chi connectivity index (χ1v) is 8.10. The number of ether oxygens (including phenoxy) is 2. The van der Waals surface area contributed by atoms with Crippen LogP contribution in [0.1, 0.15) is 5.56 Å². The van der Waals surface area contributed by atoms with Crippen LogP contribution in [-0.2, 0) is 20.7 Å². The molecule has 142 valence electrons. The molecule has 0 saturated heterocycles. The molecule has 2 aromatic rings. The van der Waals surface area contributed by atoms with E-state index in [4.69, 9.17) is 21.1 Å². The van der Waals surface area contributed by atoms with Crippen molar-refractivity contribution in [2.75, 3.05) is 19.0 Å². The van der Waals surface area contributed by atoms with Crippen LogP contribution in [0.2, 0.25) is 5.02 Å². The van der Waals surface area contributed by atoms with Crippen molar-refractivity contribution in [2.45, 2.75) is 6.42 Å². The fraction of sp³-hybridized carbons (Fsp3) is 0.167. The Hall–Kier alpha value is -3.13. The lowest BCUT2D eigenvalue weighted by Crippen LogP contribution is -2.37. The number of benzene rings is 2. The quantitative estimate of drug-likeness (QED) is 0.735. The van der Waals surface area contributed by atoms with E-state index < -0.39 is 30.3 Å². The number of imide groups is 1. The van der Waals surface area contributed by atoms with Crippen LogP contribution in [0.4, 0.5) is 14.9 Å². The third-order valence-electron chi connectivity index (χ3n) is 3.32. The van der Waals surface area contributed by atoms with Crippen molar-refractivity contribution in [2.24, 2.45) is 0 Å². The predicted molar refractivity (Wildman–Crippen MR) is 96.2 cm³/mol. The number of hydrogen-bond donors (Lipinski definition) is 2. The molecule has 2 aromatic carbocycles. The van der Waals surface area contributed by atoms with E-state index >= 15 is 0 Å². The maximum Gasteiger partial charge on any atom is 0.326 e. The minimum Gasteiger partial charge on any atom is -0.496 e. The Balaban J connectivity index is 1.81. The van der Waals surface area contributed by atoms with Crippen molar-refractivity contribution in [1.82, 2.24) is 5.32 Å². The normalized spacial score (nSPS) is 10.0. The Morgan fingerprint density at radius 2 is 1.89 bits per heavy atom. The van der Waals surface area contributed by atoms with Crippen molar-refractivity contribution in [3.63, 3.8) is 0 Å². The number of para-hydroxylation sites is 1. The number of carbonyl (C=O) groups excluding carboxylic acids is 3. The largest absolute Gasteiger partial charge is 0.496 e. The highest BCUT2D eigenvalue weighted by atomic mass is 35.5. The Labute approximate surface area is 159 Å². The lowest BCUT2D eigenvalue weighted by atomic mass is 10.1. The van der Waals surface area contributed by atoms with Gasteiger partial charge in [0.05, 0.1) is 19.2 Å². The second-order valence-corrected chi connectivity index (χ2v) is 5.71. The van der Waals surface area contributed by atoms with Crippen LogP contribution in [0, 0.1) is 5.82 Å². The molecule has 9 heteroatoms. The van der Waals surface area contributed by atoms with Gasteiger partial charge in [-0.3, -0.25) is 14.9 Å². The van der Waals surface area contributed by atoms with Crippen molar-refractivity contribution < 1.29 is 28.2 Å². The molecule has 0 aliphatic carbocycles. The van der Waals surface area contributed by atoms with Crippen molar-refractivity contribution in [3.8, 4) is 5.75 Å². The molecule has 0 aliphatic heterocycles. The van der Waals surface area contributed by atoms with Crippen LogP contribution in [-0.4, -0.2) is 31.6 Å². The fourth-order valence-electron chi connectivity index (χ4n) is 2.12. The number of amides is 3. The Morgan fingerprint density at radius 3 is 2.59 bits per heavy atom. The van der Waals surface area contributed by atoms with Crippen LogP contribution in [0.25, 0.3) is 0 Å². The molecule has 0 radical (unpaired) electrons. The molecule has 3 amide bonds. The molecule has 0 spiro atoms. The van der Waals surface area contributed by atoms with Crippen LogP contribution in [0.5, 0.6) is 5.75 Å². The van der Waals surface area contributed by atoms with Gasteiger partial charge in [-0.1, -0.05) is 23.7 Å². The molecule has 2 N–H and O–H groups in total. The summed E-state index contributed by atoms with van der Waals surface area (Å²) in [5, 5.41) is 4.52. The topological polar surface area (TPSA) is 93.7 Å². The summed E-state index contributed by atoms with van der Waals surface area (Å²) in [5.41, 5.74) is 0.403. The number of hydrogen-bond acceptors (Lipinski definition) is 5. The number of nitrogens with one attached hydrogen (secondary N) is 2. The summed E-state index contributed by atoms with van der Waals surface area (Å²) >= 11 is 5.88. The molecular weight excluding hydrogens is 379 g/mol. The lowest BCUT2D eigenvalue weighted by Gasteiger charge is -2.10. The van der Waals surface area contributed by atoms with Gasteiger partial charge in [-0.15, -0.1) is 0 Å². The van der Waals surface area contributed by atoms with E-state index in [9.17, 15) is 18.8 Å². The summed E-state index contributed by atoms with van der Waals surface area (Å²) in [6.45, 7) is -0.674. The molecule has 0 aromatic heterocycles. The van der Waals surface area contributed by atoms with E-state index in [1.54, 1.807) is 18.2 Å². The van der Waals surface area contributed by atoms with Gasteiger partial charge in [0.15, 0.2) is 6.61 Å². The highest BCUT2D eigenvalue weighted by molar-refractivity contribution is 6.30. The first-order valence-electron chi connectivity index (χ1n) is 7.72. The number of anilines is 1. The first kappa shape index (κ1) is 20.2. The summed E-state index contributed by atoms with van der Waals surface area (Å²) in [6, 6.07) is 9.27. The second-order valence-electron chi connectivity index (χ2n) is 5.28.